The standard InChI is InChI=1S/C19H21NO5S2/c1-27(23,24)17-9-7-16(8-10-17)19(22)25-13-18(21)20-11-12-26-14-15-5-3-2-4-6-15/h2-10H,11-14H2,1H3,(H,20,21). The quantitative estimate of drug-likeness (QED) is 0.507. The largest absolute Gasteiger partial charge is 0.452 e. The van der Waals surface area contributed by atoms with Gasteiger partial charge in [0.15, 0.2) is 16.4 Å². The van der Waals surface area contributed by atoms with Crippen LogP contribution in [0.2, 0.25) is 0 Å². The van der Waals surface area contributed by atoms with Crippen LogP contribution >= 0.6 is 11.8 Å². The van der Waals surface area contributed by atoms with Crippen molar-refractivity contribution < 1.29 is 22.7 Å². The van der Waals surface area contributed by atoms with Crippen LogP contribution < -0.4 is 5.32 Å². The minimum atomic E-state index is -3.32. The molecule has 0 aliphatic heterocycles. The van der Waals surface area contributed by atoms with E-state index in [1.165, 1.54) is 29.8 Å². The third-order valence-corrected chi connectivity index (χ3v) is 5.69. The van der Waals surface area contributed by atoms with Crippen LogP contribution in [-0.2, 0) is 25.1 Å². The summed E-state index contributed by atoms with van der Waals surface area (Å²) in [5.74, 6) is 0.566. The molecule has 2 rings (SSSR count). The van der Waals surface area contributed by atoms with Crippen LogP contribution in [0.4, 0.5) is 0 Å². The van der Waals surface area contributed by atoms with E-state index in [0.717, 1.165) is 17.8 Å². The summed E-state index contributed by atoms with van der Waals surface area (Å²) in [6, 6.07) is 15.4. The molecule has 0 aliphatic rings. The van der Waals surface area contributed by atoms with Crippen molar-refractivity contribution in [2.24, 2.45) is 0 Å². The average Bonchev–Trinajstić information content (AvgIpc) is 2.66. The Kier molecular flexibility index (Phi) is 7.87. The molecule has 1 amide bonds. The predicted octanol–water partition coefficient (Wildman–Crippen LogP) is 2.30. The summed E-state index contributed by atoms with van der Waals surface area (Å²) in [6.45, 7) is 0.104. The number of hydrogen-bond donors (Lipinski definition) is 1. The van der Waals surface area contributed by atoms with Crippen LogP contribution in [0.5, 0.6) is 0 Å². The van der Waals surface area contributed by atoms with E-state index < -0.39 is 15.8 Å². The second-order valence-electron chi connectivity index (χ2n) is 5.76. The zero-order valence-corrected chi connectivity index (χ0v) is 16.5. The third-order valence-electron chi connectivity index (χ3n) is 3.53. The highest BCUT2D eigenvalue weighted by Gasteiger charge is 2.12. The molecule has 0 radical (unpaired) electrons. The topological polar surface area (TPSA) is 89.5 Å². The minimum Gasteiger partial charge on any atom is -0.452 e. The van der Waals surface area contributed by atoms with Gasteiger partial charge in [0.05, 0.1) is 10.5 Å². The van der Waals surface area contributed by atoms with Crippen LogP contribution in [0, 0.1) is 0 Å². The number of ether oxygens (including phenoxy) is 1. The maximum atomic E-state index is 11.9. The highest BCUT2D eigenvalue weighted by molar-refractivity contribution is 7.98. The molecule has 6 nitrogen and oxygen atoms in total. The first kappa shape index (κ1) is 21.0. The lowest BCUT2D eigenvalue weighted by Crippen LogP contribution is -2.30. The summed E-state index contributed by atoms with van der Waals surface area (Å²) >= 11 is 1.70. The van der Waals surface area contributed by atoms with Gasteiger partial charge in [0.1, 0.15) is 0 Å². The Labute approximate surface area is 163 Å². The van der Waals surface area contributed by atoms with Gasteiger partial charge >= 0.3 is 5.97 Å². The van der Waals surface area contributed by atoms with Gasteiger partial charge in [0, 0.05) is 24.3 Å². The molecule has 2 aromatic rings. The highest BCUT2D eigenvalue weighted by atomic mass is 32.2. The maximum Gasteiger partial charge on any atom is 0.338 e. The van der Waals surface area contributed by atoms with Crippen LogP contribution in [0.1, 0.15) is 15.9 Å². The molecular formula is C19H21NO5S2. The van der Waals surface area contributed by atoms with Crippen LogP contribution in [0.25, 0.3) is 0 Å². The summed E-state index contributed by atoms with van der Waals surface area (Å²) in [7, 11) is -3.32. The van der Waals surface area contributed by atoms with Gasteiger partial charge in [-0.2, -0.15) is 11.8 Å². The predicted molar refractivity (Wildman–Crippen MR) is 105 cm³/mol. The summed E-state index contributed by atoms with van der Waals surface area (Å²) in [6.07, 6.45) is 1.09. The Morgan fingerprint density at radius 2 is 1.70 bits per heavy atom. The number of sulfone groups is 1. The Hall–Kier alpha value is -2.32. The number of hydrogen-bond acceptors (Lipinski definition) is 6. The van der Waals surface area contributed by atoms with Gasteiger partial charge in [-0.3, -0.25) is 4.79 Å². The monoisotopic (exact) mass is 407 g/mol. The Morgan fingerprint density at radius 1 is 1.04 bits per heavy atom. The van der Waals surface area contributed by atoms with Gasteiger partial charge in [-0.1, -0.05) is 30.3 Å². The van der Waals surface area contributed by atoms with Crippen molar-refractivity contribution in [2.45, 2.75) is 10.6 Å². The normalized spacial score (nSPS) is 11.0. The molecule has 0 bridgehead atoms. The average molecular weight is 408 g/mol. The molecular weight excluding hydrogens is 386 g/mol. The summed E-state index contributed by atoms with van der Waals surface area (Å²) in [4.78, 5) is 23.7. The van der Waals surface area contributed by atoms with Gasteiger partial charge in [-0.15, -0.1) is 0 Å². The molecule has 0 aliphatic carbocycles. The van der Waals surface area contributed by atoms with Crippen molar-refractivity contribution in [1.82, 2.24) is 5.32 Å². The van der Waals surface area contributed by atoms with Gasteiger partial charge < -0.3 is 10.1 Å². The molecule has 27 heavy (non-hydrogen) atoms. The van der Waals surface area contributed by atoms with E-state index in [1.807, 2.05) is 30.3 Å². The number of thioether (sulfide) groups is 1. The molecule has 2 aromatic carbocycles. The highest BCUT2D eigenvalue weighted by Crippen LogP contribution is 2.12. The summed E-state index contributed by atoms with van der Waals surface area (Å²) < 4.78 is 27.7. The number of nitrogens with one attached hydrogen (secondary N) is 1. The molecule has 0 atom stereocenters. The van der Waals surface area contributed by atoms with Crippen molar-refractivity contribution in [3.8, 4) is 0 Å². The number of rotatable bonds is 9. The second kappa shape index (κ2) is 10.1. The fourth-order valence-electron chi connectivity index (χ4n) is 2.13. The first-order valence-corrected chi connectivity index (χ1v) is 11.3. The first-order valence-electron chi connectivity index (χ1n) is 8.22. The van der Waals surface area contributed by atoms with Gasteiger partial charge in [0.25, 0.3) is 5.91 Å². The van der Waals surface area contributed by atoms with Crippen LogP contribution in [0.3, 0.4) is 0 Å². The number of carbonyl (C=O) groups is 2. The van der Waals surface area contributed by atoms with Crippen molar-refractivity contribution >= 4 is 33.5 Å². The first-order chi connectivity index (χ1) is 12.9. The minimum absolute atomic E-state index is 0.116. The van der Waals surface area contributed by atoms with Crippen molar-refractivity contribution in [3.05, 3.63) is 65.7 Å². The van der Waals surface area contributed by atoms with E-state index in [1.54, 1.807) is 11.8 Å². The van der Waals surface area contributed by atoms with Gasteiger partial charge in [0.2, 0.25) is 0 Å². The lowest BCUT2D eigenvalue weighted by Gasteiger charge is -2.07. The summed E-state index contributed by atoms with van der Waals surface area (Å²) in [5, 5.41) is 2.69. The molecule has 0 aromatic heterocycles. The number of carbonyl (C=O) groups excluding carboxylic acids is 2. The zero-order valence-electron chi connectivity index (χ0n) is 14.9. The smallest absolute Gasteiger partial charge is 0.338 e. The Bertz CT molecular complexity index is 865. The number of esters is 1. The molecule has 0 saturated carbocycles. The van der Waals surface area contributed by atoms with Gasteiger partial charge in [-0.25, -0.2) is 13.2 Å². The molecule has 0 saturated heterocycles. The second-order valence-corrected chi connectivity index (χ2v) is 8.88. The van der Waals surface area contributed by atoms with Crippen LogP contribution in [-0.4, -0.2) is 45.5 Å². The lowest BCUT2D eigenvalue weighted by molar-refractivity contribution is -0.124. The fourth-order valence-corrected chi connectivity index (χ4v) is 3.58. The number of amides is 1. The van der Waals surface area contributed by atoms with E-state index in [9.17, 15) is 18.0 Å². The molecule has 0 fully saturated rings. The number of benzene rings is 2. The van der Waals surface area contributed by atoms with E-state index in [4.69, 9.17) is 4.74 Å². The van der Waals surface area contributed by atoms with E-state index >= 15 is 0 Å². The van der Waals surface area contributed by atoms with Crippen molar-refractivity contribution in [1.29, 1.82) is 0 Å². The van der Waals surface area contributed by atoms with E-state index in [2.05, 4.69) is 5.32 Å². The Morgan fingerprint density at radius 3 is 2.33 bits per heavy atom. The third kappa shape index (κ3) is 7.44. The molecule has 144 valence electrons. The maximum absolute atomic E-state index is 11.9. The summed E-state index contributed by atoms with van der Waals surface area (Å²) in [5.41, 5.74) is 1.42. The van der Waals surface area contributed by atoms with E-state index in [-0.39, 0.29) is 23.0 Å². The fraction of sp³-hybridized carbons (Fsp3) is 0.263. The van der Waals surface area contributed by atoms with E-state index in [0.29, 0.717) is 6.54 Å². The molecule has 1 N–H and O–H groups in total. The SMILES string of the molecule is CS(=O)(=O)c1ccc(C(=O)OCC(=O)NCCSCc2ccccc2)cc1. The molecule has 0 spiro atoms. The zero-order chi connectivity index (χ0) is 19.7. The molecule has 8 heteroatoms. The molecule has 0 heterocycles. The van der Waals surface area contributed by atoms with Crippen LogP contribution in [0.15, 0.2) is 59.5 Å². The Balaban J connectivity index is 1.65. The van der Waals surface area contributed by atoms with Gasteiger partial charge in [-0.05, 0) is 29.8 Å². The molecule has 0 unspecified atom stereocenters. The van der Waals surface area contributed by atoms with Crippen molar-refractivity contribution in [2.75, 3.05) is 25.2 Å². The lowest BCUT2D eigenvalue weighted by atomic mass is 10.2. The van der Waals surface area contributed by atoms with Crippen molar-refractivity contribution in [3.63, 3.8) is 0 Å².